The Labute approximate surface area is 110 Å². The number of nitro groups is 1. The number of benzene rings is 1. The Kier molecular flexibility index (Phi) is 4.97. The molecule has 0 aromatic heterocycles. The van der Waals surface area contributed by atoms with E-state index in [9.17, 15) is 10.1 Å². The van der Waals surface area contributed by atoms with Crippen molar-refractivity contribution in [2.24, 2.45) is 0 Å². The van der Waals surface area contributed by atoms with Gasteiger partial charge in [-0.3, -0.25) is 10.1 Å². The van der Waals surface area contributed by atoms with Crippen molar-refractivity contribution in [3.63, 3.8) is 0 Å². The van der Waals surface area contributed by atoms with Gasteiger partial charge in [-0.05, 0) is 24.6 Å². The van der Waals surface area contributed by atoms with Crippen LogP contribution in [0.3, 0.4) is 0 Å². The minimum atomic E-state index is -0.461. The second-order valence-electron chi connectivity index (χ2n) is 3.51. The van der Waals surface area contributed by atoms with Crippen molar-refractivity contribution in [1.29, 1.82) is 0 Å². The van der Waals surface area contributed by atoms with Crippen LogP contribution >= 0.6 is 11.6 Å². The molecule has 0 amide bonds. The quantitative estimate of drug-likeness (QED) is 0.608. The number of rotatable bonds is 5. The maximum Gasteiger partial charge on any atom is 0.243 e. The molecule has 0 fully saturated rings. The number of methoxy groups -OCH3 is 1. The van der Waals surface area contributed by atoms with E-state index in [1.807, 2.05) is 6.92 Å². The molecular weight excluding hydrogens is 258 g/mol. The molecule has 0 saturated carbocycles. The summed E-state index contributed by atoms with van der Waals surface area (Å²) in [6.45, 7) is 3.70. The van der Waals surface area contributed by atoms with E-state index in [0.717, 1.165) is 0 Å². The van der Waals surface area contributed by atoms with E-state index in [-0.39, 0.29) is 5.70 Å². The predicted molar refractivity (Wildman–Crippen MR) is 69.8 cm³/mol. The minimum Gasteiger partial charge on any atom is -0.493 e. The van der Waals surface area contributed by atoms with E-state index in [2.05, 4.69) is 0 Å². The van der Waals surface area contributed by atoms with Gasteiger partial charge in [-0.1, -0.05) is 11.6 Å². The minimum absolute atomic E-state index is 0.0253. The Morgan fingerprint density at radius 2 is 2.22 bits per heavy atom. The van der Waals surface area contributed by atoms with Gasteiger partial charge in [-0.15, -0.1) is 0 Å². The van der Waals surface area contributed by atoms with Crippen molar-refractivity contribution in [2.75, 3.05) is 13.7 Å². The molecule has 0 radical (unpaired) electrons. The molecule has 1 aromatic carbocycles. The first kappa shape index (κ1) is 14.3. The summed E-state index contributed by atoms with van der Waals surface area (Å²) >= 11 is 6.05. The summed E-state index contributed by atoms with van der Waals surface area (Å²) in [5, 5.41) is 10.9. The van der Waals surface area contributed by atoms with Crippen LogP contribution in [-0.2, 0) is 0 Å². The van der Waals surface area contributed by atoms with Crippen LogP contribution in [0.1, 0.15) is 19.4 Å². The third kappa shape index (κ3) is 3.37. The van der Waals surface area contributed by atoms with E-state index in [0.29, 0.717) is 28.7 Å². The van der Waals surface area contributed by atoms with Crippen LogP contribution in [0.25, 0.3) is 6.08 Å². The van der Waals surface area contributed by atoms with E-state index in [1.165, 1.54) is 20.1 Å². The molecule has 0 N–H and O–H groups in total. The molecule has 0 aliphatic carbocycles. The lowest BCUT2D eigenvalue weighted by molar-refractivity contribution is -0.422. The van der Waals surface area contributed by atoms with Crippen molar-refractivity contribution in [3.8, 4) is 11.5 Å². The summed E-state index contributed by atoms with van der Waals surface area (Å²) in [5.74, 6) is 0.893. The van der Waals surface area contributed by atoms with E-state index >= 15 is 0 Å². The van der Waals surface area contributed by atoms with E-state index < -0.39 is 4.92 Å². The summed E-state index contributed by atoms with van der Waals surface area (Å²) in [6.07, 6.45) is 1.42. The van der Waals surface area contributed by atoms with Gasteiger partial charge < -0.3 is 9.47 Å². The van der Waals surface area contributed by atoms with Crippen LogP contribution in [0, 0.1) is 10.1 Å². The number of ether oxygens (including phenoxy) is 2. The molecule has 6 heteroatoms. The second kappa shape index (κ2) is 6.26. The van der Waals surface area contributed by atoms with Crippen molar-refractivity contribution in [3.05, 3.63) is 38.5 Å². The number of hydrogen-bond donors (Lipinski definition) is 0. The summed E-state index contributed by atoms with van der Waals surface area (Å²) in [7, 11) is 1.49. The highest BCUT2D eigenvalue weighted by Gasteiger charge is 2.12. The third-order valence-electron chi connectivity index (χ3n) is 2.20. The van der Waals surface area contributed by atoms with Crippen molar-refractivity contribution in [1.82, 2.24) is 0 Å². The zero-order chi connectivity index (χ0) is 13.7. The van der Waals surface area contributed by atoms with E-state index in [1.54, 1.807) is 12.1 Å². The number of nitrogens with zero attached hydrogens (tertiary/aromatic N) is 1. The van der Waals surface area contributed by atoms with Crippen LogP contribution in [0.5, 0.6) is 11.5 Å². The molecule has 0 atom stereocenters. The first-order valence-electron chi connectivity index (χ1n) is 5.32. The monoisotopic (exact) mass is 271 g/mol. The van der Waals surface area contributed by atoms with Crippen molar-refractivity contribution in [2.45, 2.75) is 13.8 Å². The van der Waals surface area contributed by atoms with Crippen LogP contribution in [0.15, 0.2) is 17.8 Å². The zero-order valence-electron chi connectivity index (χ0n) is 10.4. The molecule has 1 rings (SSSR count). The Balaban J connectivity index is 3.22. The van der Waals surface area contributed by atoms with E-state index in [4.69, 9.17) is 21.1 Å². The summed E-state index contributed by atoms with van der Waals surface area (Å²) < 4.78 is 10.5. The van der Waals surface area contributed by atoms with Gasteiger partial charge in [0.05, 0.1) is 23.7 Å². The Bertz CT molecular complexity index is 485. The maximum absolute atomic E-state index is 10.6. The fourth-order valence-corrected chi connectivity index (χ4v) is 1.68. The number of allylic oxidation sites excluding steroid dienone is 1. The van der Waals surface area contributed by atoms with Gasteiger partial charge in [0.1, 0.15) is 0 Å². The average molecular weight is 272 g/mol. The molecule has 0 aliphatic heterocycles. The van der Waals surface area contributed by atoms with Crippen LogP contribution < -0.4 is 9.47 Å². The first-order chi connectivity index (χ1) is 8.49. The highest BCUT2D eigenvalue weighted by Crippen LogP contribution is 2.36. The normalized spacial score (nSPS) is 11.2. The van der Waals surface area contributed by atoms with Gasteiger partial charge in [-0.2, -0.15) is 0 Å². The van der Waals surface area contributed by atoms with Gasteiger partial charge in [0.25, 0.3) is 0 Å². The average Bonchev–Trinajstić information content (AvgIpc) is 2.32. The summed E-state index contributed by atoms with van der Waals surface area (Å²) in [5.41, 5.74) is 0.617. The highest BCUT2D eigenvalue weighted by molar-refractivity contribution is 6.32. The summed E-state index contributed by atoms with van der Waals surface area (Å²) in [6, 6.07) is 3.24. The zero-order valence-corrected chi connectivity index (χ0v) is 11.2. The Hall–Kier alpha value is -1.75. The van der Waals surface area contributed by atoms with Gasteiger partial charge in [0.15, 0.2) is 11.5 Å². The lowest BCUT2D eigenvalue weighted by atomic mass is 10.1. The van der Waals surface area contributed by atoms with Crippen LogP contribution in [0.4, 0.5) is 0 Å². The Morgan fingerprint density at radius 3 is 2.72 bits per heavy atom. The molecular formula is C12H14ClNO4. The molecule has 0 spiro atoms. The van der Waals surface area contributed by atoms with Crippen LogP contribution in [-0.4, -0.2) is 18.6 Å². The second-order valence-corrected chi connectivity index (χ2v) is 3.92. The lowest BCUT2D eigenvalue weighted by Gasteiger charge is -2.11. The predicted octanol–water partition coefficient (Wildman–Crippen LogP) is 3.38. The standard InChI is InChI=1S/C12H14ClNO4/c1-4-18-12-10(13)6-9(7-11(12)17-3)5-8(2)14(15)16/h5-7H,4H2,1-3H3/b8-5-. The third-order valence-corrected chi connectivity index (χ3v) is 2.48. The molecule has 1 aromatic rings. The lowest BCUT2D eigenvalue weighted by Crippen LogP contribution is -1.97. The SMILES string of the molecule is CCOc1c(Cl)cc(/C=C(/C)[N+](=O)[O-])cc1OC. The highest BCUT2D eigenvalue weighted by atomic mass is 35.5. The molecule has 0 unspecified atom stereocenters. The van der Waals surface area contributed by atoms with Gasteiger partial charge in [0, 0.05) is 13.0 Å². The molecule has 98 valence electrons. The van der Waals surface area contributed by atoms with Crippen molar-refractivity contribution >= 4 is 17.7 Å². The number of hydrogen-bond acceptors (Lipinski definition) is 4. The van der Waals surface area contributed by atoms with Gasteiger partial charge in [-0.25, -0.2) is 0 Å². The van der Waals surface area contributed by atoms with Gasteiger partial charge in [0.2, 0.25) is 5.70 Å². The molecule has 5 nitrogen and oxygen atoms in total. The topological polar surface area (TPSA) is 61.6 Å². The molecule has 18 heavy (non-hydrogen) atoms. The van der Waals surface area contributed by atoms with Crippen molar-refractivity contribution < 1.29 is 14.4 Å². The molecule has 0 aliphatic rings. The maximum atomic E-state index is 10.6. The Morgan fingerprint density at radius 1 is 1.56 bits per heavy atom. The molecule has 0 heterocycles. The fraction of sp³-hybridized carbons (Fsp3) is 0.333. The smallest absolute Gasteiger partial charge is 0.243 e. The number of halogens is 1. The summed E-state index contributed by atoms with van der Waals surface area (Å²) in [4.78, 5) is 10.1. The van der Waals surface area contributed by atoms with Crippen LogP contribution in [0.2, 0.25) is 5.02 Å². The largest absolute Gasteiger partial charge is 0.493 e. The molecule has 0 saturated heterocycles. The first-order valence-corrected chi connectivity index (χ1v) is 5.70. The van der Waals surface area contributed by atoms with Gasteiger partial charge >= 0.3 is 0 Å². The fourth-order valence-electron chi connectivity index (χ4n) is 1.40. The molecule has 0 bridgehead atoms.